The van der Waals surface area contributed by atoms with Crippen molar-refractivity contribution >= 4 is 17.3 Å². The Kier molecular flexibility index (Phi) is 4.75. The van der Waals surface area contributed by atoms with Crippen LogP contribution in [-0.2, 0) is 11.3 Å². The average molecular weight is 317 g/mol. The van der Waals surface area contributed by atoms with E-state index in [9.17, 15) is 19.7 Å². The van der Waals surface area contributed by atoms with E-state index in [4.69, 9.17) is 4.74 Å². The third-order valence-electron chi connectivity index (χ3n) is 3.30. The molecule has 23 heavy (non-hydrogen) atoms. The molecule has 0 unspecified atom stereocenters. The molecule has 0 bridgehead atoms. The fourth-order valence-electron chi connectivity index (χ4n) is 2.07. The minimum Gasteiger partial charge on any atom is -0.497 e. The van der Waals surface area contributed by atoms with Gasteiger partial charge in [0.2, 0.25) is 5.91 Å². The fraction of sp³-hybridized carbons (Fsp3) is 0.200. The number of ether oxygens (including phenoxy) is 1. The van der Waals surface area contributed by atoms with E-state index in [2.05, 4.69) is 5.32 Å². The molecule has 0 aliphatic heterocycles. The molecule has 0 spiro atoms. The number of methoxy groups -OCH3 is 1. The van der Waals surface area contributed by atoms with Crippen LogP contribution in [0.4, 0.5) is 11.4 Å². The lowest BCUT2D eigenvalue weighted by atomic mass is 10.3. The van der Waals surface area contributed by atoms with Crippen LogP contribution in [-0.4, -0.2) is 22.5 Å². The molecule has 1 heterocycles. The minimum atomic E-state index is -0.591. The Bertz CT molecular complexity index is 796. The van der Waals surface area contributed by atoms with Crippen molar-refractivity contribution < 1.29 is 14.5 Å². The summed E-state index contributed by atoms with van der Waals surface area (Å²) < 4.78 is 6.08. The van der Waals surface area contributed by atoms with Crippen LogP contribution in [0.1, 0.15) is 5.69 Å². The quantitative estimate of drug-likeness (QED) is 0.668. The molecule has 0 atom stereocenters. The second-order valence-corrected chi connectivity index (χ2v) is 4.76. The van der Waals surface area contributed by atoms with Crippen LogP contribution in [0.3, 0.4) is 0 Å². The van der Waals surface area contributed by atoms with Crippen molar-refractivity contribution in [1.82, 2.24) is 4.57 Å². The summed E-state index contributed by atoms with van der Waals surface area (Å²) in [5.74, 6) is 0.189. The van der Waals surface area contributed by atoms with Crippen LogP contribution in [0, 0.1) is 17.0 Å². The van der Waals surface area contributed by atoms with Crippen LogP contribution in [0.25, 0.3) is 0 Å². The van der Waals surface area contributed by atoms with E-state index in [-0.39, 0.29) is 17.9 Å². The van der Waals surface area contributed by atoms with Crippen molar-refractivity contribution in [2.24, 2.45) is 0 Å². The second-order valence-electron chi connectivity index (χ2n) is 4.76. The zero-order valence-electron chi connectivity index (χ0n) is 12.6. The van der Waals surface area contributed by atoms with Gasteiger partial charge >= 0.3 is 0 Å². The molecule has 0 radical (unpaired) electrons. The summed E-state index contributed by atoms with van der Waals surface area (Å²) >= 11 is 0. The smallest absolute Gasteiger partial charge is 0.288 e. The predicted molar refractivity (Wildman–Crippen MR) is 83.7 cm³/mol. The Morgan fingerprint density at radius 1 is 1.26 bits per heavy atom. The maximum absolute atomic E-state index is 12.0. The molecule has 0 saturated heterocycles. The van der Waals surface area contributed by atoms with Crippen molar-refractivity contribution in [2.45, 2.75) is 13.5 Å². The van der Waals surface area contributed by atoms with Gasteiger partial charge in [-0.15, -0.1) is 0 Å². The zero-order chi connectivity index (χ0) is 17.0. The standard InChI is InChI=1S/C15H15N3O5/c1-10-13(18(21)22)7-8-15(20)17(10)9-14(19)16-11-3-5-12(23-2)6-4-11/h3-8H,9H2,1-2H3,(H,16,19). The predicted octanol–water partition coefficient (Wildman–Crippen LogP) is 1.71. The van der Waals surface area contributed by atoms with Crippen molar-refractivity contribution in [3.8, 4) is 5.75 Å². The Morgan fingerprint density at radius 3 is 2.48 bits per heavy atom. The van der Waals surface area contributed by atoms with Gasteiger partial charge in [-0.2, -0.15) is 0 Å². The summed E-state index contributed by atoms with van der Waals surface area (Å²) in [7, 11) is 1.53. The summed E-state index contributed by atoms with van der Waals surface area (Å²) in [6.07, 6.45) is 0. The minimum absolute atomic E-state index is 0.132. The summed E-state index contributed by atoms with van der Waals surface area (Å²) in [6, 6.07) is 8.88. The maximum Gasteiger partial charge on any atom is 0.288 e. The zero-order valence-corrected chi connectivity index (χ0v) is 12.6. The number of hydrogen-bond donors (Lipinski definition) is 1. The topological polar surface area (TPSA) is 103 Å². The van der Waals surface area contributed by atoms with Gasteiger partial charge in [-0.25, -0.2) is 0 Å². The van der Waals surface area contributed by atoms with Gasteiger partial charge in [0.05, 0.1) is 17.7 Å². The Morgan fingerprint density at radius 2 is 1.91 bits per heavy atom. The van der Waals surface area contributed by atoms with Crippen molar-refractivity contribution in [2.75, 3.05) is 12.4 Å². The van der Waals surface area contributed by atoms with E-state index in [0.29, 0.717) is 11.4 Å². The molecule has 2 aromatic rings. The SMILES string of the molecule is COc1ccc(NC(=O)Cn2c(C)c([N+](=O)[O-])ccc2=O)cc1. The number of carbonyl (C=O) groups excluding carboxylic acids is 1. The summed E-state index contributed by atoms with van der Waals surface area (Å²) in [5.41, 5.74) is -0.0147. The summed E-state index contributed by atoms with van der Waals surface area (Å²) in [5, 5.41) is 13.5. The van der Waals surface area contributed by atoms with Gasteiger partial charge in [0, 0.05) is 17.8 Å². The molecular formula is C15H15N3O5. The van der Waals surface area contributed by atoms with E-state index in [0.717, 1.165) is 16.7 Å². The van der Waals surface area contributed by atoms with Gasteiger partial charge in [0.1, 0.15) is 12.3 Å². The lowest BCUT2D eigenvalue weighted by Gasteiger charge is -2.10. The van der Waals surface area contributed by atoms with Gasteiger partial charge in [0.25, 0.3) is 11.2 Å². The number of hydrogen-bond acceptors (Lipinski definition) is 5. The molecule has 0 aliphatic carbocycles. The number of anilines is 1. The molecule has 0 aliphatic rings. The second kappa shape index (κ2) is 6.73. The van der Waals surface area contributed by atoms with E-state index in [1.165, 1.54) is 14.0 Å². The highest BCUT2D eigenvalue weighted by Crippen LogP contribution is 2.16. The lowest BCUT2D eigenvalue weighted by molar-refractivity contribution is -0.386. The number of rotatable bonds is 5. The van der Waals surface area contributed by atoms with Crippen LogP contribution < -0.4 is 15.6 Å². The number of amides is 1. The average Bonchev–Trinajstić information content (AvgIpc) is 2.51. The molecular weight excluding hydrogens is 302 g/mol. The van der Waals surface area contributed by atoms with Gasteiger partial charge in [-0.3, -0.25) is 24.3 Å². The Balaban J connectivity index is 2.18. The Hall–Kier alpha value is -3.16. The number of aromatic nitrogens is 1. The monoisotopic (exact) mass is 317 g/mol. The van der Waals surface area contributed by atoms with E-state index < -0.39 is 16.4 Å². The largest absolute Gasteiger partial charge is 0.497 e. The van der Waals surface area contributed by atoms with Crippen molar-refractivity contribution in [3.05, 3.63) is 62.6 Å². The number of nitro groups is 1. The molecule has 1 amide bonds. The van der Waals surface area contributed by atoms with Crippen LogP contribution in [0.15, 0.2) is 41.2 Å². The van der Waals surface area contributed by atoms with Gasteiger partial charge in [0.15, 0.2) is 0 Å². The molecule has 0 fully saturated rings. The van der Waals surface area contributed by atoms with E-state index >= 15 is 0 Å². The number of pyridine rings is 1. The molecule has 1 aromatic carbocycles. The van der Waals surface area contributed by atoms with E-state index in [1.807, 2.05) is 0 Å². The number of carbonyl (C=O) groups is 1. The molecule has 8 heteroatoms. The van der Waals surface area contributed by atoms with E-state index in [1.54, 1.807) is 24.3 Å². The molecule has 8 nitrogen and oxygen atoms in total. The highest BCUT2D eigenvalue weighted by molar-refractivity contribution is 5.90. The normalized spacial score (nSPS) is 10.2. The first-order valence-corrected chi connectivity index (χ1v) is 6.71. The molecule has 0 saturated carbocycles. The first-order valence-electron chi connectivity index (χ1n) is 6.71. The highest BCUT2D eigenvalue weighted by Gasteiger charge is 2.16. The number of benzene rings is 1. The van der Waals surface area contributed by atoms with Gasteiger partial charge in [-0.1, -0.05) is 0 Å². The molecule has 1 aromatic heterocycles. The highest BCUT2D eigenvalue weighted by atomic mass is 16.6. The van der Waals surface area contributed by atoms with Crippen LogP contribution in [0.5, 0.6) is 5.75 Å². The molecule has 1 N–H and O–H groups in total. The third-order valence-corrected chi connectivity index (χ3v) is 3.30. The van der Waals surface area contributed by atoms with Gasteiger partial charge in [-0.05, 0) is 31.2 Å². The summed E-state index contributed by atoms with van der Waals surface area (Å²) in [4.78, 5) is 34.2. The molecule has 120 valence electrons. The summed E-state index contributed by atoms with van der Waals surface area (Å²) in [6.45, 7) is 1.12. The maximum atomic E-state index is 12.0. The lowest BCUT2D eigenvalue weighted by Crippen LogP contribution is -2.29. The van der Waals surface area contributed by atoms with Crippen LogP contribution >= 0.6 is 0 Å². The Labute approximate surface area is 131 Å². The number of nitrogens with one attached hydrogen (secondary N) is 1. The third kappa shape index (κ3) is 3.73. The van der Waals surface area contributed by atoms with Crippen LogP contribution in [0.2, 0.25) is 0 Å². The number of nitrogens with zero attached hydrogens (tertiary/aromatic N) is 2. The molecule has 2 rings (SSSR count). The van der Waals surface area contributed by atoms with Gasteiger partial charge < -0.3 is 10.1 Å². The first kappa shape index (κ1) is 16.2. The first-order chi connectivity index (χ1) is 10.9. The van der Waals surface area contributed by atoms with Crippen molar-refractivity contribution in [1.29, 1.82) is 0 Å². The van der Waals surface area contributed by atoms with Crippen molar-refractivity contribution in [3.63, 3.8) is 0 Å². The fourth-order valence-corrected chi connectivity index (χ4v) is 2.07.